The monoisotopic (exact) mass is 332 g/mol. The predicted octanol–water partition coefficient (Wildman–Crippen LogP) is 4.09. The summed E-state index contributed by atoms with van der Waals surface area (Å²) in [6.07, 6.45) is 0.0281. The van der Waals surface area contributed by atoms with Crippen LogP contribution in [0.3, 0.4) is 0 Å². The molecule has 1 aliphatic rings. The van der Waals surface area contributed by atoms with E-state index in [1.54, 1.807) is 0 Å². The van der Waals surface area contributed by atoms with E-state index in [2.05, 4.69) is 48.0 Å². The van der Waals surface area contributed by atoms with E-state index in [0.29, 0.717) is 0 Å². The van der Waals surface area contributed by atoms with Gasteiger partial charge in [0.15, 0.2) is 6.99 Å². The highest BCUT2D eigenvalue weighted by Crippen LogP contribution is 2.66. The molecule has 3 nitrogen and oxygen atoms in total. The van der Waals surface area contributed by atoms with Gasteiger partial charge >= 0.3 is 0 Å². The number of hydrogen-bond acceptors (Lipinski definition) is 4. The Morgan fingerprint density at radius 2 is 1.68 bits per heavy atom. The van der Waals surface area contributed by atoms with Gasteiger partial charge in [-0.2, -0.15) is 9.76 Å². The Balaban J connectivity index is 1.73. The summed E-state index contributed by atoms with van der Waals surface area (Å²) in [7, 11) is 2.06. The van der Waals surface area contributed by atoms with E-state index in [0.717, 1.165) is 6.54 Å². The summed E-state index contributed by atoms with van der Waals surface area (Å²) in [4.78, 5) is 0. The fourth-order valence-electron chi connectivity index (χ4n) is 2.67. The lowest BCUT2D eigenvalue weighted by atomic mass is 10.0. The normalized spacial score (nSPS) is 28.9. The second-order valence-electron chi connectivity index (χ2n) is 5.59. The Bertz CT molecular complexity index is 613. The number of nitrogens with zero attached hydrogens (tertiary/aromatic N) is 1. The minimum Gasteiger partial charge on any atom is -0.486 e. The molecule has 1 aliphatic heterocycles. The van der Waals surface area contributed by atoms with Gasteiger partial charge in [0.1, 0.15) is 6.10 Å². The van der Waals surface area contributed by atoms with Crippen molar-refractivity contribution in [1.29, 1.82) is 0 Å². The predicted molar refractivity (Wildman–Crippen MR) is 95.1 cm³/mol. The molecule has 22 heavy (non-hydrogen) atoms. The van der Waals surface area contributed by atoms with Gasteiger partial charge in [-0.25, -0.2) is 4.52 Å². The summed E-state index contributed by atoms with van der Waals surface area (Å²) in [6, 6.07) is 20.9. The second kappa shape index (κ2) is 6.69. The number of hydrogen-bond donors (Lipinski definition) is 1. The maximum Gasteiger partial charge on any atom is 0.166 e. The number of rotatable bonds is 4. The molecule has 116 valence electrons. The highest BCUT2D eigenvalue weighted by Gasteiger charge is 2.49. The Kier molecular flexibility index (Phi) is 4.86. The van der Waals surface area contributed by atoms with E-state index >= 15 is 0 Å². The third-order valence-corrected chi connectivity index (χ3v) is 7.84. The zero-order valence-electron chi connectivity index (χ0n) is 12.8. The zero-order valence-corrected chi connectivity index (χ0v) is 14.6. The standard InChI is InChI=1S/C17H21N2OPS/c1-14-17(16-11-7-4-8-12-16)20-21(22,19(14)2)18-13-15-9-5-3-6-10-15/h3-12,14,17H,13H2,1-2H3,(H,18,22)/t14-,17-,21?/m1/s1. The lowest BCUT2D eigenvalue weighted by Crippen LogP contribution is -2.29. The van der Waals surface area contributed by atoms with Gasteiger partial charge in [0.25, 0.3) is 0 Å². The van der Waals surface area contributed by atoms with E-state index in [-0.39, 0.29) is 12.1 Å². The van der Waals surface area contributed by atoms with Crippen LogP contribution in [-0.2, 0) is 23.3 Å². The molecule has 0 radical (unpaired) electrons. The van der Waals surface area contributed by atoms with Gasteiger partial charge in [0.05, 0.1) is 12.6 Å². The SMILES string of the molecule is C[C@@H]1[C@H](c2ccccc2)O[P+]([S-])(NCc2ccccc2)N1C. The quantitative estimate of drug-likeness (QED) is 0.673. The van der Waals surface area contributed by atoms with Crippen molar-refractivity contribution >= 4 is 19.2 Å². The highest BCUT2D eigenvalue weighted by atomic mass is 32.7. The lowest BCUT2D eigenvalue weighted by molar-refractivity contribution is 0.215. The molecule has 0 amide bonds. The zero-order chi connectivity index (χ0) is 15.6. The molecule has 1 unspecified atom stereocenters. The van der Waals surface area contributed by atoms with Crippen LogP contribution in [0.4, 0.5) is 0 Å². The molecule has 3 rings (SSSR count). The van der Waals surface area contributed by atoms with Gasteiger partial charge in [-0.15, -0.1) is 0 Å². The maximum absolute atomic E-state index is 6.32. The maximum atomic E-state index is 6.32. The molecular formula is C17H21N2OPS. The molecule has 1 heterocycles. The molecule has 1 saturated heterocycles. The molecule has 0 saturated carbocycles. The van der Waals surface area contributed by atoms with E-state index in [1.165, 1.54) is 11.1 Å². The average molecular weight is 332 g/mol. The molecule has 0 bridgehead atoms. The van der Waals surface area contributed by atoms with Crippen LogP contribution in [0.25, 0.3) is 0 Å². The first-order valence-corrected chi connectivity index (χ1v) is 10.1. The summed E-state index contributed by atoms with van der Waals surface area (Å²) in [6.45, 7) is 0.722. The van der Waals surface area contributed by atoms with Crippen LogP contribution < -0.4 is 5.09 Å². The van der Waals surface area contributed by atoms with Crippen LogP contribution in [0.15, 0.2) is 60.7 Å². The smallest absolute Gasteiger partial charge is 0.166 e. The average Bonchev–Trinajstić information content (AvgIpc) is 2.80. The summed E-state index contributed by atoms with van der Waals surface area (Å²) < 4.78 is 8.52. The van der Waals surface area contributed by atoms with Gasteiger partial charge < -0.3 is 12.2 Å². The van der Waals surface area contributed by atoms with Gasteiger partial charge in [-0.1, -0.05) is 60.7 Å². The number of nitrogens with one attached hydrogen (secondary N) is 1. The molecule has 1 N–H and O–H groups in total. The van der Waals surface area contributed by atoms with Gasteiger partial charge in [-0.3, -0.25) is 0 Å². The summed E-state index contributed by atoms with van der Waals surface area (Å²) in [5.74, 6) is 0. The Morgan fingerprint density at radius 1 is 1.09 bits per heavy atom. The fourth-order valence-corrected chi connectivity index (χ4v) is 5.62. The third kappa shape index (κ3) is 3.22. The van der Waals surface area contributed by atoms with Crippen molar-refractivity contribution in [3.8, 4) is 0 Å². The van der Waals surface area contributed by atoms with Gasteiger partial charge in [0, 0.05) is 7.05 Å². The van der Waals surface area contributed by atoms with Crippen molar-refractivity contribution in [2.75, 3.05) is 7.05 Å². The van der Waals surface area contributed by atoms with Crippen LogP contribution in [0, 0.1) is 0 Å². The largest absolute Gasteiger partial charge is 0.486 e. The van der Waals surface area contributed by atoms with E-state index in [4.69, 9.17) is 16.8 Å². The minimum absolute atomic E-state index is 0.0281. The van der Waals surface area contributed by atoms with Crippen LogP contribution >= 0.6 is 6.99 Å². The molecule has 0 aromatic heterocycles. The van der Waals surface area contributed by atoms with Crippen LogP contribution in [0.1, 0.15) is 24.2 Å². The first kappa shape index (κ1) is 16.0. The summed E-state index contributed by atoms with van der Waals surface area (Å²) in [5.41, 5.74) is 2.41. The highest BCUT2D eigenvalue weighted by molar-refractivity contribution is 8.38. The van der Waals surface area contributed by atoms with Crippen molar-refractivity contribution in [2.24, 2.45) is 0 Å². The van der Waals surface area contributed by atoms with E-state index in [1.807, 2.05) is 36.4 Å². The molecule has 1 fully saturated rings. The second-order valence-corrected chi connectivity index (χ2v) is 9.28. The van der Waals surface area contributed by atoms with Gasteiger partial charge in [-0.05, 0) is 18.1 Å². The Labute approximate surface area is 138 Å². The topological polar surface area (TPSA) is 24.5 Å². The Morgan fingerprint density at radius 3 is 2.32 bits per heavy atom. The fraction of sp³-hybridized carbons (Fsp3) is 0.294. The van der Waals surface area contributed by atoms with Crippen molar-refractivity contribution in [3.05, 3.63) is 71.8 Å². The molecule has 0 spiro atoms. The molecular weight excluding hydrogens is 311 g/mol. The Hall–Kier alpha value is -0.900. The van der Waals surface area contributed by atoms with Crippen molar-refractivity contribution in [1.82, 2.24) is 9.76 Å². The molecule has 5 heteroatoms. The van der Waals surface area contributed by atoms with Crippen molar-refractivity contribution in [2.45, 2.75) is 25.6 Å². The van der Waals surface area contributed by atoms with Crippen molar-refractivity contribution < 1.29 is 4.52 Å². The molecule has 2 aromatic carbocycles. The van der Waals surface area contributed by atoms with Crippen molar-refractivity contribution in [3.63, 3.8) is 0 Å². The van der Waals surface area contributed by atoms with Crippen LogP contribution in [0.2, 0.25) is 0 Å². The molecule has 3 atom stereocenters. The minimum atomic E-state index is -2.19. The first-order chi connectivity index (χ1) is 10.6. The van der Waals surface area contributed by atoms with Crippen LogP contribution in [0.5, 0.6) is 0 Å². The third-order valence-electron chi connectivity index (χ3n) is 4.15. The number of benzene rings is 2. The van der Waals surface area contributed by atoms with E-state index < -0.39 is 6.99 Å². The van der Waals surface area contributed by atoms with Gasteiger partial charge in [0.2, 0.25) is 0 Å². The summed E-state index contributed by atoms with van der Waals surface area (Å²) >= 11 is 5.85. The van der Waals surface area contributed by atoms with E-state index in [9.17, 15) is 0 Å². The van der Waals surface area contributed by atoms with Crippen LogP contribution in [-0.4, -0.2) is 17.8 Å². The molecule has 0 aliphatic carbocycles. The first-order valence-electron chi connectivity index (χ1n) is 7.46. The summed E-state index contributed by atoms with van der Waals surface area (Å²) in [5, 5.41) is 3.48. The lowest BCUT2D eigenvalue weighted by Gasteiger charge is -2.31. The molecule has 2 aromatic rings. The number of likely N-dealkylation sites (N-methyl/N-ethyl adjacent to an activating group) is 1.